The first-order valence-corrected chi connectivity index (χ1v) is 6.54. The van der Waals surface area contributed by atoms with Crippen molar-refractivity contribution in [1.82, 2.24) is 4.98 Å². The average molecular weight is 325 g/mol. The summed E-state index contributed by atoms with van der Waals surface area (Å²) in [5, 5.41) is 12.0. The molecule has 0 radical (unpaired) electrons. The molecule has 1 aromatic carbocycles. The maximum absolute atomic E-state index is 11.6. The number of nitrogens with zero attached hydrogens (tertiary/aromatic N) is 2. The molecule has 0 amide bonds. The van der Waals surface area contributed by atoms with Gasteiger partial charge in [0.1, 0.15) is 0 Å². The number of carbonyl (C=O) groups is 1. The lowest BCUT2D eigenvalue weighted by atomic mass is 10.1. The van der Waals surface area contributed by atoms with Crippen molar-refractivity contribution in [2.24, 2.45) is 5.16 Å². The molecule has 1 N–H and O–H groups in total. The number of carbonyl (C=O) groups excluding carboxylic acids is 1. The molecule has 0 aliphatic rings. The Morgan fingerprint density at radius 1 is 1.29 bits per heavy atom. The van der Waals surface area contributed by atoms with Crippen molar-refractivity contribution in [3.8, 4) is 11.3 Å². The Bertz CT molecular complexity index is 717. The van der Waals surface area contributed by atoms with Crippen LogP contribution in [-0.4, -0.2) is 29.5 Å². The molecule has 108 valence electrons. The van der Waals surface area contributed by atoms with Gasteiger partial charge in [-0.3, -0.25) is 0 Å². The van der Waals surface area contributed by atoms with E-state index in [9.17, 15) is 4.79 Å². The highest BCUT2D eigenvalue weighted by Crippen LogP contribution is 2.29. The number of pyridine rings is 1. The molecule has 2 aromatic rings. The third-order valence-corrected chi connectivity index (χ3v) is 3.32. The number of oxime groups is 1. The summed E-state index contributed by atoms with van der Waals surface area (Å²) in [6, 6.07) is 8.22. The molecule has 2 rings (SSSR count). The highest BCUT2D eigenvalue weighted by molar-refractivity contribution is 6.34. The number of benzene rings is 1. The van der Waals surface area contributed by atoms with E-state index >= 15 is 0 Å². The molecule has 0 unspecified atom stereocenters. The van der Waals surface area contributed by atoms with Crippen molar-refractivity contribution in [2.45, 2.75) is 0 Å². The van der Waals surface area contributed by atoms with Gasteiger partial charge < -0.3 is 9.94 Å². The molecule has 0 saturated heterocycles. The van der Waals surface area contributed by atoms with E-state index in [1.54, 1.807) is 30.3 Å². The SMILES string of the molecule is COC(=O)c1nc(-c2ccc(/C=N\O)cc2Cl)ccc1Cl. The second-order valence-corrected chi connectivity index (χ2v) is 4.82. The zero-order valence-electron chi connectivity index (χ0n) is 10.9. The number of rotatable bonds is 3. The predicted octanol–water partition coefficient (Wildman–Crippen LogP) is 3.65. The number of aromatic nitrogens is 1. The summed E-state index contributed by atoms with van der Waals surface area (Å²) in [6.07, 6.45) is 1.25. The van der Waals surface area contributed by atoms with Crippen molar-refractivity contribution in [3.63, 3.8) is 0 Å². The van der Waals surface area contributed by atoms with Crippen LogP contribution >= 0.6 is 23.2 Å². The molecule has 0 aliphatic carbocycles. The van der Waals surface area contributed by atoms with Gasteiger partial charge in [0.2, 0.25) is 0 Å². The fraction of sp³-hybridized carbons (Fsp3) is 0.0714. The van der Waals surface area contributed by atoms with E-state index in [2.05, 4.69) is 14.9 Å². The number of hydrogen-bond donors (Lipinski definition) is 1. The Balaban J connectivity index is 2.49. The fourth-order valence-electron chi connectivity index (χ4n) is 1.72. The molecular formula is C14H10Cl2N2O3. The lowest BCUT2D eigenvalue weighted by molar-refractivity contribution is 0.0594. The Hall–Kier alpha value is -2.11. The summed E-state index contributed by atoms with van der Waals surface area (Å²) in [5.74, 6) is -0.623. The summed E-state index contributed by atoms with van der Waals surface area (Å²) in [6.45, 7) is 0. The van der Waals surface area contributed by atoms with Crippen LogP contribution in [0.1, 0.15) is 16.1 Å². The van der Waals surface area contributed by atoms with Crippen molar-refractivity contribution >= 4 is 35.4 Å². The van der Waals surface area contributed by atoms with E-state index in [-0.39, 0.29) is 10.7 Å². The Kier molecular flexibility index (Phi) is 4.77. The van der Waals surface area contributed by atoms with E-state index in [1.807, 2.05) is 0 Å². The van der Waals surface area contributed by atoms with Crippen LogP contribution in [0.3, 0.4) is 0 Å². The van der Waals surface area contributed by atoms with E-state index in [0.29, 0.717) is 21.8 Å². The first-order valence-electron chi connectivity index (χ1n) is 5.79. The summed E-state index contributed by atoms with van der Waals surface area (Å²) < 4.78 is 4.63. The maximum Gasteiger partial charge on any atom is 0.358 e. The van der Waals surface area contributed by atoms with Crippen molar-refractivity contribution < 1.29 is 14.7 Å². The molecule has 21 heavy (non-hydrogen) atoms. The number of methoxy groups -OCH3 is 1. The minimum absolute atomic E-state index is 0.0220. The Morgan fingerprint density at radius 3 is 2.67 bits per heavy atom. The molecule has 7 heteroatoms. The molecule has 1 heterocycles. The maximum atomic E-state index is 11.6. The van der Waals surface area contributed by atoms with Gasteiger partial charge in [-0.25, -0.2) is 9.78 Å². The largest absolute Gasteiger partial charge is 0.464 e. The summed E-state index contributed by atoms with van der Waals surface area (Å²) in [5.41, 5.74) is 1.76. The van der Waals surface area contributed by atoms with Gasteiger partial charge in [-0.1, -0.05) is 40.5 Å². The molecule has 5 nitrogen and oxygen atoms in total. The first-order chi connectivity index (χ1) is 10.1. The van der Waals surface area contributed by atoms with E-state index in [1.165, 1.54) is 13.3 Å². The number of hydrogen-bond acceptors (Lipinski definition) is 5. The third-order valence-electron chi connectivity index (χ3n) is 2.70. The molecule has 0 saturated carbocycles. The van der Waals surface area contributed by atoms with Crippen molar-refractivity contribution in [1.29, 1.82) is 0 Å². The molecule has 0 spiro atoms. The second kappa shape index (κ2) is 6.56. The zero-order chi connectivity index (χ0) is 15.4. The van der Waals surface area contributed by atoms with Crippen LogP contribution in [0, 0.1) is 0 Å². The Labute approximate surface area is 130 Å². The smallest absolute Gasteiger partial charge is 0.358 e. The van der Waals surface area contributed by atoms with Crippen LogP contribution in [0.5, 0.6) is 0 Å². The first kappa shape index (κ1) is 15.3. The van der Waals surface area contributed by atoms with E-state index in [4.69, 9.17) is 28.4 Å². The predicted molar refractivity (Wildman–Crippen MR) is 80.4 cm³/mol. The normalized spacial score (nSPS) is 10.8. The second-order valence-electron chi connectivity index (χ2n) is 4.00. The molecule has 0 atom stereocenters. The molecule has 0 aliphatic heterocycles. The van der Waals surface area contributed by atoms with Crippen LogP contribution < -0.4 is 0 Å². The van der Waals surface area contributed by atoms with Crippen LogP contribution in [0.15, 0.2) is 35.5 Å². The standard InChI is InChI=1S/C14H10Cl2N2O3/c1-21-14(19)13-10(15)4-5-12(18-13)9-3-2-8(7-17-20)6-11(9)16/h2-7,20H,1H3/b17-7-. The molecule has 1 aromatic heterocycles. The molecule has 0 bridgehead atoms. The molecule has 0 fully saturated rings. The van der Waals surface area contributed by atoms with Crippen molar-refractivity contribution in [3.05, 3.63) is 51.6 Å². The quantitative estimate of drug-likeness (QED) is 0.405. The van der Waals surface area contributed by atoms with Gasteiger partial charge in [0.05, 0.1) is 29.1 Å². The van der Waals surface area contributed by atoms with Gasteiger partial charge in [-0.15, -0.1) is 0 Å². The number of esters is 1. The van der Waals surface area contributed by atoms with Crippen molar-refractivity contribution in [2.75, 3.05) is 7.11 Å². The monoisotopic (exact) mass is 324 g/mol. The summed E-state index contributed by atoms with van der Waals surface area (Å²) in [7, 11) is 1.25. The fourth-order valence-corrected chi connectivity index (χ4v) is 2.19. The van der Waals surface area contributed by atoms with Gasteiger partial charge in [0, 0.05) is 5.56 Å². The minimum atomic E-state index is -0.623. The van der Waals surface area contributed by atoms with Gasteiger partial charge in [-0.2, -0.15) is 0 Å². The Morgan fingerprint density at radius 2 is 2.05 bits per heavy atom. The number of halogens is 2. The van der Waals surface area contributed by atoms with Crippen LogP contribution in [0.4, 0.5) is 0 Å². The van der Waals surface area contributed by atoms with Gasteiger partial charge in [0.15, 0.2) is 5.69 Å². The van der Waals surface area contributed by atoms with E-state index < -0.39 is 5.97 Å². The van der Waals surface area contributed by atoms with Crippen LogP contribution in [-0.2, 0) is 4.74 Å². The number of ether oxygens (including phenoxy) is 1. The zero-order valence-corrected chi connectivity index (χ0v) is 12.4. The van der Waals surface area contributed by atoms with Gasteiger partial charge >= 0.3 is 5.97 Å². The van der Waals surface area contributed by atoms with E-state index in [0.717, 1.165) is 0 Å². The highest BCUT2D eigenvalue weighted by atomic mass is 35.5. The van der Waals surface area contributed by atoms with Crippen LogP contribution in [0.25, 0.3) is 11.3 Å². The lowest BCUT2D eigenvalue weighted by Gasteiger charge is -2.07. The highest BCUT2D eigenvalue weighted by Gasteiger charge is 2.15. The lowest BCUT2D eigenvalue weighted by Crippen LogP contribution is -2.06. The molecular weight excluding hydrogens is 315 g/mol. The third kappa shape index (κ3) is 3.32. The summed E-state index contributed by atoms with van der Waals surface area (Å²) in [4.78, 5) is 15.8. The van der Waals surface area contributed by atoms with Crippen LogP contribution in [0.2, 0.25) is 10.0 Å². The summed E-state index contributed by atoms with van der Waals surface area (Å²) >= 11 is 12.1. The van der Waals surface area contributed by atoms with Gasteiger partial charge in [0.25, 0.3) is 0 Å². The topological polar surface area (TPSA) is 71.8 Å². The van der Waals surface area contributed by atoms with Gasteiger partial charge in [-0.05, 0) is 23.8 Å². The average Bonchev–Trinajstić information content (AvgIpc) is 2.48. The minimum Gasteiger partial charge on any atom is -0.464 e.